The molecular weight excluding hydrogens is 1260 g/mol. The molecule has 3 aliphatic heterocycles. The predicted octanol–water partition coefficient (Wildman–Crippen LogP) is 12.8. The molecule has 17 unspecified atom stereocenters. The van der Waals surface area contributed by atoms with Crippen molar-refractivity contribution in [2.75, 3.05) is 26.4 Å². The van der Waals surface area contributed by atoms with Crippen LogP contribution < -0.4 is 5.32 Å². The summed E-state index contributed by atoms with van der Waals surface area (Å²) >= 11 is 0. The lowest BCUT2D eigenvalue weighted by atomic mass is 9.96. The molecule has 0 aromatic carbocycles. The minimum Gasteiger partial charge on any atom is -0.394 e. The summed E-state index contributed by atoms with van der Waals surface area (Å²) in [4.78, 5) is 13.5. The molecule has 3 saturated heterocycles. The number of rotatable bonds is 62. The number of ether oxygens (including phenoxy) is 6. The number of aliphatic hydroxyl groups is 11. The topological polar surface area (TPSA) is 307 Å². The molecule has 3 fully saturated rings. The van der Waals surface area contributed by atoms with Crippen LogP contribution in [0.25, 0.3) is 0 Å². The van der Waals surface area contributed by atoms with Crippen molar-refractivity contribution in [3.05, 3.63) is 72.9 Å². The van der Waals surface area contributed by atoms with Crippen LogP contribution in [-0.4, -0.2) is 193 Å². The van der Waals surface area contributed by atoms with Crippen LogP contribution in [0.2, 0.25) is 0 Å². The third-order valence-electron chi connectivity index (χ3n) is 19.5. The lowest BCUT2D eigenvalue weighted by Gasteiger charge is -2.48. The van der Waals surface area contributed by atoms with Crippen molar-refractivity contribution >= 4 is 5.91 Å². The van der Waals surface area contributed by atoms with E-state index in [-0.39, 0.29) is 18.9 Å². The van der Waals surface area contributed by atoms with Crippen molar-refractivity contribution in [2.24, 2.45) is 0 Å². The Labute approximate surface area is 598 Å². The van der Waals surface area contributed by atoms with E-state index in [1.165, 1.54) is 180 Å². The van der Waals surface area contributed by atoms with Gasteiger partial charge in [-0.2, -0.15) is 0 Å². The van der Waals surface area contributed by atoms with Gasteiger partial charge in [0.25, 0.3) is 0 Å². The third-order valence-corrected chi connectivity index (χ3v) is 19.5. The van der Waals surface area contributed by atoms with Crippen molar-refractivity contribution in [1.29, 1.82) is 0 Å². The first-order valence-electron chi connectivity index (χ1n) is 39.7. The Hall–Kier alpha value is -2.77. The second-order valence-corrected chi connectivity index (χ2v) is 28.1. The van der Waals surface area contributed by atoms with E-state index < -0.39 is 124 Å². The average molecular weight is 1410 g/mol. The number of allylic oxidation sites excluding steroid dienone is 11. The summed E-state index contributed by atoms with van der Waals surface area (Å²) < 4.78 is 34.5. The second kappa shape index (κ2) is 60.5. The summed E-state index contributed by atoms with van der Waals surface area (Å²) in [6, 6.07) is -0.980. The summed E-state index contributed by atoms with van der Waals surface area (Å²) in [5.74, 6) is -0.278. The van der Waals surface area contributed by atoms with Crippen molar-refractivity contribution in [3.63, 3.8) is 0 Å². The molecule has 0 saturated carbocycles. The molecule has 19 nitrogen and oxygen atoms in total. The molecule has 19 heteroatoms. The maximum absolute atomic E-state index is 13.5. The first-order valence-corrected chi connectivity index (χ1v) is 39.7. The standard InChI is InChI=1S/C80H143NO18/c1-3-5-7-9-11-13-15-17-19-21-23-25-27-29-31-33-35-37-39-41-43-45-47-49-51-53-55-57-64(85)63(81-68(86)58-56-54-52-50-48-46-44-42-40-38-36-34-32-30-28-26-24-22-20-18-16-14-12-10-8-6-4-2)62-94-78-74(92)71(89)76(66(60-83)96-78)99-80-75(93)72(90)77(67(61-84)97-80)98-79-73(91)70(88)69(87)65(59-82)95-79/h6,8,12,14,18,20,24,26,30,32,55,57,63-67,69-80,82-85,87-93H,3-5,7,9-11,13,15-17,19,21-23,25,27-29,31,33-54,56,58-62H2,1-2H3,(H,81,86)/b8-6-,14-12-,20-18-,26-24-,32-30-,57-55+. The average Bonchev–Trinajstić information content (AvgIpc) is 0.784. The van der Waals surface area contributed by atoms with Crippen LogP contribution in [0.15, 0.2) is 72.9 Å². The molecule has 12 N–H and O–H groups in total. The van der Waals surface area contributed by atoms with E-state index in [9.17, 15) is 61.0 Å². The molecule has 0 radical (unpaired) electrons. The van der Waals surface area contributed by atoms with Gasteiger partial charge in [0, 0.05) is 6.42 Å². The van der Waals surface area contributed by atoms with Gasteiger partial charge in [0.1, 0.15) is 73.2 Å². The Morgan fingerprint density at radius 3 is 1.09 bits per heavy atom. The van der Waals surface area contributed by atoms with E-state index >= 15 is 0 Å². The zero-order chi connectivity index (χ0) is 71.8. The molecule has 0 aliphatic carbocycles. The molecule has 576 valence electrons. The van der Waals surface area contributed by atoms with Crippen LogP contribution in [-0.2, 0) is 33.2 Å². The SMILES string of the molecule is CC/C=C\C/C=C\C/C=C\C/C=C\C/C=C\CCCCCCCCCCCCCC(=O)NC(COC1OC(CO)C(OC2OC(CO)C(OC3OC(CO)C(O)C(O)C3O)C(O)C2O)C(O)C1O)C(O)/C=C/CCCCCCCCCCCCCCCCCCCCCCCCCCC. The van der Waals surface area contributed by atoms with Gasteiger partial charge in [-0.15, -0.1) is 0 Å². The Kier molecular flexibility index (Phi) is 55.3. The zero-order valence-electron chi connectivity index (χ0n) is 61.5. The molecule has 3 aliphatic rings. The Morgan fingerprint density at radius 2 is 0.697 bits per heavy atom. The summed E-state index contributed by atoms with van der Waals surface area (Å²) in [5.41, 5.74) is 0. The van der Waals surface area contributed by atoms with Gasteiger partial charge in [-0.05, 0) is 64.2 Å². The molecule has 17 atom stereocenters. The fraction of sp³-hybridized carbons (Fsp3) is 0.838. The monoisotopic (exact) mass is 1410 g/mol. The molecule has 3 rings (SSSR count). The predicted molar refractivity (Wildman–Crippen MR) is 392 cm³/mol. The first kappa shape index (κ1) is 90.4. The quantitative estimate of drug-likeness (QED) is 0.0199. The Morgan fingerprint density at radius 1 is 0.374 bits per heavy atom. The van der Waals surface area contributed by atoms with Crippen LogP contribution in [0.3, 0.4) is 0 Å². The van der Waals surface area contributed by atoms with Crippen molar-refractivity contribution in [3.8, 4) is 0 Å². The van der Waals surface area contributed by atoms with Crippen LogP contribution >= 0.6 is 0 Å². The van der Waals surface area contributed by atoms with Crippen molar-refractivity contribution in [1.82, 2.24) is 5.32 Å². The molecule has 99 heavy (non-hydrogen) atoms. The molecule has 1 amide bonds. The highest BCUT2D eigenvalue weighted by atomic mass is 16.8. The van der Waals surface area contributed by atoms with Gasteiger partial charge in [-0.3, -0.25) is 4.79 Å². The highest BCUT2D eigenvalue weighted by Crippen LogP contribution is 2.33. The smallest absolute Gasteiger partial charge is 0.220 e. The number of carbonyl (C=O) groups excluding carboxylic acids is 1. The van der Waals surface area contributed by atoms with Gasteiger partial charge in [0.2, 0.25) is 5.91 Å². The number of unbranched alkanes of at least 4 members (excludes halogenated alkanes) is 36. The van der Waals surface area contributed by atoms with Gasteiger partial charge >= 0.3 is 0 Å². The van der Waals surface area contributed by atoms with Gasteiger partial charge in [-0.1, -0.05) is 299 Å². The minimum atomic E-state index is -1.98. The van der Waals surface area contributed by atoms with E-state index in [0.29, 0.717) is 6.42 Å². The molecule has 0 spiro atoms. The molecular formula is C80H143NO18. The molecule has 0 bridgehead atoms. The summed E-state index contributed by atoms with van der Waals surface area (Å²) in [7, 11) is 0. The highest BCUT2D eigenvalue weighted by Gasteiger charge is 2.53. The molecule has 0 aromatic heterocycles. The maximum atomic E-state index is 13.5. The van der Waals surface area contributed by atoms with Crippen molar-refractivity contribution < 1.29 is 89.4 Å². The Bertz CT molecular complexity index is 2070. The van der Waals surface area contributed by atoms with Crippen LogP contribution in [0, 0.1) is 0 Å². The van der Waals surface area contributed by atoms with Gasteiger partial charge < -0.3 is 89.9 Å². The summed E-state index contributed by atoms with van der Waals surface area (Å²) in [6.45, 7) is 1.65. The van der Waals surface area contributed by atoms with E-state index in [1.807, 2.05) is 6.08 Å². The van der Waals surface area contributed by atoms with Crippen molar-refractivity contribution in [2.45, 2.75) is 401 Å². The number of nitrogens with one attached hydrogen (secondary N) is 1. The largest absolute Gasteiger partial charge is 0.394 e. The number of carbonyl (C=O) groups is 1. The molecule has 3 heterocycles. The van der Waals surface area contributed by atoms with Gasteiger partial charge in [0.05, 0.1) is 38.6 Å². The number of hydrogen-bond donors (Lipinski definition) is 12. The number of amides is 1. The van der Waals surface area contributed by atoms with Crippen LogP contribution in [0.1, 0.15) is 296 Å². The van der Waals surface area contributed by atoms with E-state index in [2.05, 4.69) is 79.9 Å². The highest BCUT2D eigenvalue weighted by molar-refractivity contribution is 5.76. The van der Waals surface area contributed by atoms with Crippen LogP contribution in [0.5, 0.6) is 0 Å². The fourth-order valence-corrected chi connectivity index (χ4v) is 13.2. The van der Waals surface area contributed by atoms with Gasteiger partial charge in [-0.25, -0.2) is 0 Å². The molecule has 0 aromatic rings. The van der Waals surface area contributed by atoms with Crippen LogP contribution in [0.4, 0.5) is 0 Å². The van der Waals surface area contributed by atoms with E-state index in [0.717, 1.165) is 89.9 Å². The lowest BCUT2D eigenvalue weighted by molar-refractivity contribution is -0.379. The fourth-order valence-electron chi connectivity index (χ4n) is 13.2. The Balaban J connectivity index is 1.39. The normalized spacial score (nSPS) is 27.0. The third kappa shape index (κ3) is 40.9. The zero-order valence-corrected chi connectivity index (χ0v) is 61.5. The minimum absolute atomic E-state index is 0.237. The number of hydrogen-bond acceptors (Lipinski definition) is 18. The van der Waals surface area contributed by atoms with E-state index in [4.69, 9.17) is 28.4 Å². The summed E-state index contributed by atoms with van der Waals surface area (Å²) in [5, 5.41) is 121. The number of aliphatic hydroxyl groups excluding tert-OH is 11. The van der Waals surface area contributed by atoms with E-state index in [1.54, 1.807) is 6.08 Å². The maximum Gasteiger partial charge on any atom is 0.220 e. The van der Waals surface area contributed by atoms with Gasteiger partial charge in [0.15, 0.2) is 18.9 Å². The lowest BCUT2D eigenvalue weighted by Crippen LogP contribution is -2.66. The first-order chi connectivity index (χ1) is 48.3. The second-order valence-electron chi connectivity index (χ2n) is 28.1. The summed E-state index contributed by atoms with van der Waals surface area (Å²) in [6.07, 6.45) is 51.6.